The summed E-state index contributed by atoms with van der Waals surface area (Å²) in [4.78, 5) is 43.1. The molecule has 0 aromatic carbocycles. The van der Waals surface area contributed by atoms with Crippen molar-refractivity contribution >= 4 is 29.0 Å². The number of urea groups is 1. The van der Waals surface area contributed by atoms with E-state index < -0.39 is 6.03 Å². The third-order valence-electron chi connectivity index (χ3n) is 3.97. The fraction of sp³-hybridized carbons (Fsp3) is 0.556. The van der Waals surface area contributed by atoms with Crippen molar-refractivity contribution in [2.75, 3.05) is 18.5 Å². The third kappa shape index (κ3) is 5.32. The molecule has 0 aliphatic carbocycles. The molecule has 9 nitrogen and oxygen atoms in total. The van der Waals surface area contributed by atoms with E-state index in [-0.39, 0.29) is 23.9 Å². The minimum absolute atomic E-state index is 0.0594. The second-order valence-electron chi connectivity index (χ2n) is 6.16. The maximum absolute atomic E-state index is 12.4. The summed E-state index contributed by atoms with van der Waals surface area (Å²) < 4.78 is 6.83. The Hall–Kier alpha value is -2.84. The van der Waals surface area contributed by atoms with Gasteiger partial charge in [-0.25, -0.2) is 4.79 Å². The first-order valence-corrected chi connectivity index (χ1v) is 9.33. The number of aromatic amines is 1. The number of H-pyrrole nitrogens is 1. The second-order valence-corrected chi connectivity index (χ2v) is 6.16. The molecule has 0 saturated heterocycles. The lowest BCUT2D eigenvalue weighted by atomic mass is 10.3. The SMILES string of the molecule is CCCCNC(=O)Nc1nc2c(cc(CC(=O)OCC)n2CCC)c(=O)[nH]1. The van der Waals surface area contributed by atoms with Crippen LogP contribution in [0.25, 0.3) is 11.0 Å². The summed E-state index contributed by atoms with van der Waals surface area (Å²) in [6, 6.07) is 1.23. The average Bonchev–Trinajstić information content (AvgIpc) is 2.94. The lowest BCUT2D eigenvalue weighted by Crippen LogP contribution is -2.31. The van der Waals surface area contributed by atoms with Crippen LogP contribution in [-0.4, -0.2) is 39.7 Å². The van der Waals surface area contributed by atoms with Crippen LogP contribution in [0.2, 0.25) is 0 Å². The van der Waals surface area contributed by atoms with E-state index in [4.69, 9.17) is 4.74 Å². The minimum atomic E-state index is -0.425. The Kier molecular flexibility index (Phi) is 7.39. The van der Waals surface area contributed by atoms with Crippen molar-refractivity contribution in [2.45, 2.75) is 53.0 Å². The molecule has 2 aromatic heterocycles. The monoisotopic (exact) mass is 377 g/mol. The molecular weight excluding hydrogens is 350 g/mol. The molecule has 2 amide bonds. The number of nitrogens with one attached hydrogen (secondary N) is 3. The van der Waals surface area contributed by atoms with Crippen LogP contribution in [0, 0.1) is 0 Å². The average molecular weight is 377 g/mol. The maximum Gasteiger partial charge on any atom is 0.321 e. The molecule has 0 saturated carbocycles. The van der Waals surface area contributed by atoms with Crippen LogP contribution in [-0.2, 0) is 22.5 Å². The maximum atomic E-state index is 12.4. The Labute approximate surface area is 157 Å². The van der Waals surface area contributed by atoms with Crippen molar-refractivity contribution < 1.29 is 14.3 Å². The smallest absolute Gasteiger partial charge is 0.321 e. The van der Waals surface area contributed by atoms with Gasteiger partial charge in [-0.1, -0.05) is 20.3 Å². The molecule has 2 rings (SSSR count). The summed E-state index contributed by atoms with van der Waals surface area (Å²) in [5.41, 5.74) is 0.723. The first kappa shape index (κ1) is 20.5. The van der Waals surface area contributed by atoms with Crippen LogP contribution in [0.15, 0.2) is 10.9 Å². The molecule has 0 aliphatic heterocycles. The fourth-order valence-electron chi connectivity index (χ4n) is 2.76. The molecule has 0 aliphatic rings. The van der Waals surface area contributed by atoms with E-state index in [1.807, 2.05) is 18.4 Å². The van der Waals surface area contributed by atoms with E-state index in [0.717, 1.165) is 19.3 Å². The first-order chi connectivity index (χ1) is 13.0. The minimum Gasteiger partial charge on any atom is -0.466 e. The Morgan fingerprint density at radius 3 is 2.70 bits per heavy atom. The Bertz CT molecular complexity index is 855. The zero-order valence-corrected chi connectivity index (χ0v) is 16.1. The van der Waals surface area contributed by atoms with Crippen molar-refractivity contribution in [3.05, 3.63) is 22.1 Å². The van der Waals surface area contributed by atoms with Crippen molar-refractivity contribution in [1.29, 1.82) is 0 Å². The van der Waals surface area contributed by atoms with Gasteiger partial charge in [0.15, 0.2) is 0 Å². The van der Waals surface area contributed by atoms with Crippen LogP contribution in [0.3, 0.4) is 0 Å². The van der Waals surface area contributed by atoms with E-state index in [1.54, 1.807) is 13.0 Å². The van der Waals surface area contributed by atoms with E-state index in [0.29, 0.717) is 36.4 Å². The second kappa shape index (κ2) is 9.75. The number of unbranched alkanes of at least 4 members (excludes halogenated alkanes) is 1. The van der Waals surface area contributed by atoms with Crippen molar-refractivity contribution in [3.63, 3.8) is 0 Å². The molecular formula is C18H27N5O4. The number of hydrogen-bond donors (Lipinski definition) is 3. The quantitative estimate of drug-likeness (QED) is 0.457. The van der Waals surface area contributed by atoms with E-state index in [9.17, 15) is 14.4 Å². The lowest BCUT2D eigenvalue weighted by molar-refractivity contribution is -0.142. The van der Waals surface area contributed by atoms with Gasteiger partial charge in [-0.3, -0.25) is 19.9 Å². The zero-order chi connectivity index (χ0) is 19.8. The molecule has 9 heteroatoms. The van der Waals surface area contributed by atoms with Crippen LogP contribution >= 0.6 is 0 Å². The normalized spacial score (nSPS) is 10.8. The Balaban J connectivity index is 2.33. The zero-order valence-electron chi connectivity index (χ0n) is 16.1. The van der Waals surface area contributed by atoms with Crippen molar-refractivity contribution in [3.8, 4) is 0 Å². The number of aromatic nitrogens is 3. The highest BCUT2D eigenvalue weighted by Gasteiger charge is 2.17. The molecule has 0 bridgehead atoms. The number of rotatable bonds is 9. The van der Waals surface area contributed by atoms with Gasteiger partial charge in [-0.05, 0) is 25.8 Å². The van der Waals surface area contributed by atoms with E-state index in [1.165, 1.54) is 0 Å². The summed E-state index contributed by atoms with van der Waals surface area (Å²) >= 11 is 0. The number of aryl methyl sites for hydroxylation is 1. The molecule has 0 unspecified atom stereocenters. The number of anilines is 1. The predicted molar refractivity (Wildman–Crippen MR) is 103 cm³/mol. The van der Waals surface area contributed by atoms with Gasteiger partial charge in [-0.15, -0.1) is 0 Å². The van der Waals surface area contributed by atoms with Crippen LogP contribution in [0.5, 0.6) is 0 Å². The molecule has 148 valence electrons. The van der Waals surface area contributed by atoms with Crippen LogP contribution < -0.4 is 16.2 Å². The Morgan fingerprint density at radius 1 is 1.26 bits per heavy atom. The summed E-state index contributed by atoms with van der Waals surface area (Å²) in [7, 11) is 0. The predicted octanol–water partition coefficient (Wildman–Crippen LogP) is 2.16. The van der Waals surface area contributed by atoms with Gasteiger partial charge in [0.05, 0.1) is 18.4 Å². The Morgan fingerprint density at radius 2 is 2.04 bits per heavy atom. The van der Waals surface area contributed by atoms with E-state index >= 15 is 0 Å². The number of hydrogen-bond acceptors (Lipinski definition) is 5. The van der Waals surface area contributed by atoms with Gasteiger partial charge >= 0.3 is 12.0 Å². The standard InChI is InChI=1S/C18H27N5O4/c1-4-7-8-19-18(26)22-17-20-15-13(16(25)21-17)10-12(23(15)9-5-2)11-14(24)27-6-3/h10H,4-9,11H2,1-3H3,(H3,19,20,21,22,25,26). The number of esters is 1. The van der Waals surface area contributed by atoms with Crippen LogP contribution in [0.1, 0.15) is 45.7 Å². The lowest BCUT2D eigenvalue weighted by Gasteiger charge is -2.10. The number of nitrogens with zero attached hydrogens (tertiary/aromatic N) is 2. The summed E-state index contributed by atoms with van der Waals surface area (Å²) in [5, 5.41) is 5.63. The van der Waals surface area contributed by atoms with Gasteiger partial charge in [-0.2, -0.15) is 4.98 Å². The summed E-state index contributed by atoms with van der Waals surface area (Å²) in [6.07, 6.45) is 2.69. The topological polar surface area (TPSA) is 118 Å². The summed E-state index contributed by atoms with van der Waals surface area (Å²) in [5.74, 6) is -0.289. The largest absolute Gasteiger partial charge is 0.466 e. The number of carbonyl (C=O) groups excluding carboxylic acids is 2. The van der Waals surface area contributed by atoms with E-state index in [2.05, 4.69) is 20.6 Å². The number of ether oxygens (including phenoxy) is 1. The summed E-state index contributed by atoms with van der Waals surface area (Å²) in [6.45, 7) is 7.21. The van der Waals surface area contributed by atoms with Crippen LogP contribution in [0.4, 0.5) is 10.7 Å². The van der Waals surface area contributed by atoms with Gasteiger partial charge in [0, 0.05) is 18.8 Å². The molecule has 27 heavy (non-hydrogen) atoms. The number of fused-ring (bicyclic) bond motifs is 1. The number of carbonyl (C=O) groups is 2. The first-order valence-electron chi connectivity index (χ1n) is 9.33. The molecule has 3 N–H and O–H groups in total. The molecule has 0 fully saturated rings. The van der Waals surface area contributed by atoms with Gasteiger partial charge in [0.2, 0.25) is 5.95 Å². The van der Waals surface area contributed by atoms with Crippen molar-refractivity contribution in [2.24, 2.45) is 0 Å². The number of amides is 2. The van der Waals surface area contributed by atoms with Gasteiger partial charge in [0.1, 0.15) is 5.65 Å². The molecule has 0 radical (unpaired) electrons. The third-order valence-corrected chi connectivity index (χ3v) is 3.97. The highest BCUT2D eigenvalue weighted by Crippen LogP contribution is 2.18. The molecule has 0 atom stereocenters. The van der Waals surface area contributed by atoms with Gasteiger partial charge in [0.25, 0.3) is 5.56 Å². The molecule has 2 aromatic rings. The highest BCUT2D eigenvalue weighted by atomic mass is 16.5. The van der Waals surface area contributed by atoms with Crippen molar-refractivity contribution in [1.82, 2.24) is 19.9 Å². The van der Waals surface area contributed by atoms with Gasteiger partial charge < -0.3 is 14.6 Å². The fourth-order valence-corrected chi connectivity index (χ4v) is 2.76. The molecule has 0 spiro atoms. The highest BCUT2D eigenvalue weighted by molar-refractivity contribution is 5.88. The molecule has 2 heterocycles.